The summed E-state index contributed by atoms with van der Waals surface area (Å²) < 4.78 is 0. The van der Waals surface area contributed by atoms with E-state index in [0.717, 1.165) is 21.4 Å². The molecular weight excluding hydrogens is 508 g/mol. The highest BCUT2D eigenvalue weighted by molar-refractivity contribution is 8.00. The number of thioether (sulfide) groups is 1. The Hall–Kier alpha value is -4.62. The lowest BCUT2D eigenvalue weighted by molar-refractivity contribution is -0.115. The van der Waals surface area contributed by atoms with E-state index in [1.54, 1.807) is 36.4 Å². The van der Waals surface area contributed by atoms with Crippen LogP contribution in [0.1, 0.15) is 34.1 Å². The minimum absolute atomic E-state index is 0.0746. The number of carboxylic acids is 1. The Labute approximate surface area is 230 Å². The van der Waals surface area contributed by atoms with Crippen molar-refractivity contribution in [3.8, 4) is 0 Å². The van der Waals surface area contributed by atoms with Crippen LogP contribution in [-0.2, 0) is 4.79 Å². The molecule has 0 fully saturated rings. The number of amides is 2. The summed E-state index contributed by atoms with van der Waals surface area (Å²) in [5.74, 6) is -1.59. The van der Waals surface area contributed by atoms with Crippen molar-refractivity contribution in [2.45, 2.75) is 23.5 Å². The highest BCUT2D eigenvalue weighted by Gasteiger charge is 2.20. The van der Waals surface area contributed by atoms with Crippen molar-refractivity contribution in [3.05, 3.63) is 114 Å². The van der Waals surface area contributed by atoms with Gasteiger partial charge in [-0.3, -0.25) is 9.59 Å². The minimum atomic E-state index is -1.09. The smallest absolute Gasteiger partial charge is 0.336 e. The molecule has 7 heteroatoms. The number of hydrogen-bond donors (Lipinski definition) is 3. The van der Waals surface area contributed by atoms with E-state index in [1.165, 1.54) is 17.8 Å². The Balaban J connectivity index is 1.34. The van der Waals surface area contributed by atoms with Crippen LogP contribution in [0.4, 0.5) is 11.4 Å². The second kappa shape index (κ2) is 11.4. The van der Waals surface area contributed by atoms with E-state index in [-0.39, 0.29) is 22.3 Å². The first-order chi connectivity index (χ1) is 18.9. The maximum absolute atomic E-state index is 13.2. The van der Waals surface area contributed by atoms with Crippen molar-refractivity contribution in [2.75, 3.05) is 10.6 Å². The summed E-state index contributed by atoms with van der Waals surface area (Å²) in [4.78, 5) is 39.1. The van der Waals surface area contributed by atoms with Crippen LogP contribution in [0, 0.1) is 0 Å². The van der Waals surface area contributed by atoms with Gasteiger partial charge in [0.15, 0.2) is 0 Å². The molecule has 0 heterocycles. The maximum Gasteiger partial charge on any atom is 0.336 e. The van der Waals surface area contributed by atoms with Gasteiger partial charge < -0.3 is 15.7 Å². The Morgan fingerprint density at radius 2 is 1.44 bits per heavy atom. The van der Waals surface area contributed by atoms with Crippen LogP contribution in [0.25, 0.3) is 21.5 Å². The van der Waals surface area contributed by atoms with Gasteiger partial charge in [0, 0.05) is 32.6 Å². The zero-order valence-electron chi connectivity index (χ0n) is 21.2. The number of anilines is 2. The van der Waals surface area contributed by atoms with Gasteiger partial charge in [-0.2, -0.15) is 0 Å². The highest BCUT2D eigenvalue weighted by atomic mass is 32.2. The van der Waals surface area contributed by atoms with E-state index in [2.05, 4.69) is 10.6 Å². The molecule has 194 valence electrons. The number of carbonyl (C=O) groups is 3. The average molecular weight is 535 g/mol. The number of fused-ring (bicyclic) bond motifs is 2. The predicted octanol–water partition coefficient (Wildman–Crippen LogP) is 7.45. The summed E-state index contributed by atoms with van der Waals surface area (Å²) in [5.41, 5.74) is 1.68. The van der Waals surface area contributed by atoms with Crippen LogP contribution in [0.15, 0.2) is 108 Å². The van der Waals surface area contributed by atoms with Crippen LogP contribution in [0.2, 0.25) is 0 Å². The van der Waals surface area contributed by atoms with Crippen LogP contribution >= 0.6 is 11.8 Å². The molecule has 5 aromatic carbocycles. The summed E-state index contributed by atoms with van der Waals surface area (Å²) in [6.45, 7) is 1.96. The topological polar surface area (TPSA) is 95.5 Å². The summed E-state index contributed by atoms with van der Waals surface area (Å²) >= 11 is 1.43. The molecule has 0 spiro atoms. The first kappa shape index (κ1) is 26.0. The number of rotatable bonds is 8. The van der Waals surface area contributed by atoms with Crippen LogP contribution in [0.5, 0.6) is 0 Å². The Morgan fingerprint density at radius 3 is 2.21 bits per heavy atom. The minimum Gasteiger partial charge on any atom is -0.478 e. The Bertz CT molecular complexity index is 1710. The molecule has 1 atom stereocenters. The zero-order chi connectivity index (χ0) is 27.4. The lowest BCUT2D eigenvalue weighted by Crippen LogP contribution is -2.24. The van der Waals surface area contributed by atoms with E-state index in [0.29, 0.717) is 22.9 Å². The molecule has 0 saturated heterocycles. The van der Waals surface area contributed by atoms with Gasteiger partial charge in [0.25, 0.3) is 5.91 Å². The third-order valence-corrected chi connectivity index (χ3v) is 7.82. The number of carbonyl (C=O) groups excluding carboxylic acids is 2. The van der Waals surface area contributed by atoms with Gasteiger partial charge in [0.2, 0.25) is 5.91 Å². The van der Waals surface area contributed by atoms with Gasteiger partial charge in [0.1, 0.15) is 0 Å². The normalized spacial score (nSPS) is 11.7. The van der Waals surface area contributed by atoms with Crippen LogP contribution in [-0.4, -0.2) is 28.1 Å². The van der Waals surface area contributed by atoms with Gasteiger partial charge in [-0.1, -0.05) is 73.7 Å². The van der Waals surface area contributed by atoms with E-state index in [9.17, 15) is 19.5 Å². The van der Waals surface area contributed by atoms with Gasteiger partial charge in [-0.25, -0.2) is 4.79 Å². The summed E-state index contributed by atoms with van der Waals surface area (Å²) in [7, 11) is 0. The fourth-order valence-electron chi connectivity index (χ4n) is 4.59. The molecule has 0 aromatic heterocycles. The number of carboxylic acid groups (broad SMARTS) is 1. The van der Waals surface area contributed by atoms with Gasteiger partial charge in [-0.05, 0) is 53.6 Å². The second-order valence-electron chi connectivity index (χ2n) is 9.03. The number of benzene rings is 5. The number of nitrogens with one attached hydrogen (secondary N) is 2. The Morgan fingerprint density at radius 1 is 0.769 bits per heavy atom. The quantitative estimate of drug-likeness (QED) is 0.180. The average Bonchev–Trinajstić information content (AvgIpc) is 2.95. The third kappa shape index (κ3) is 5.63. The van der Waals surface area contributed by atoms with Crippen molar-refractivity contribution in [3.63, 3.8) is 0 Å². The molecule has 6 nitrogen and oxygen atoms in total. The molecule has 2 amide bonds. The van der Waals surface area contributed by atoms with E-state index in [4.69, 9.17) is 0 Å². The van der Waals surface area contributed by atoms with Crippen molar-refractivity contribution in [1.29, 1.82) is 0 Å². The van der Waals surface area contributed by atoms with Gasteiger partial charge >= 0.3 is 5.97 Å². The first-order valence-corrected chi connectivity index (χ1v) is 13.4. The number of aromatic carboxylic acids is 1. The summed E-state index contributed by atoms with van der Waals surface area (Å²) in [6.07, 6.45) is 0.617. The third-order valence-electron chi connectivity index (χ3n) is 6.46. The molecule has 0 bridgehead atoms. The Kier molecular flexibility index (Phi) is 7.61. The van der Waals surface area contributed by atoms with E-state index < -0.39 is 11.9 Å². The van der Waals surface area contributed by atoms with Crippen molar-refractivity contribution in [2.24, 2.45) is 0 Å². The SMILES string of the molecule is CCC(Sc1cccc(NC(=O)c2cccc3cccc(C(=O)O)c23)c1)C(=O)Nc1cccc2ccccc12. The van der Waals surface area contributed by atoms with Crippen LogP contribution < -0.4 is 10.6 Å². The molecule has 0 radical (unpaired) electrons. The molecule has 39 heavy (non-hydrogen) atoms. The molecule has 0 aliphatic rings. The van der Waals surface area contributed by atoms with Gasteiger partial charge in [0.05, 0.1) is 10.8 Å². The monoisotopic (exact) mass is 534 g/mol. The van der Waals surface area contributed by atoms with Crippen molar-refractivity contribution >= 4 is 62.5 Å². The lowest BCUT2D eigenvalue weighted by atomic mass is 9.98. The molecule has 3 N–H and O–H groups in total. The second-order valence-corrected chi connectivity index (χ2v) is 10.3. The maximum atomic E-state index is 13.2. The standard InChI is InChI=1S/C32H26N2O4S/c1-2-28(31(36)34-27-18-7-10-20-9-3-4-15-24(20)27)39-23-14-8-13-22(19-23)33-30(35)25-16-5-11-21-12-6-17-26(29(21)25)32(37)38/h3-19,28H,2H2,1H3,(H,33,35)(H,34,36)(H,37,38). The molecule has 1 unspecified atom stereocenters. The first-order valence-electron chi connectivity index (χ1n) is 12.6. The van der Waals surface area contributed by atoms with Gasteiger partial charge in [-0.15, -0.1) is 11.8 Å². The largest absolute Gasteiger partial charge is 0.478 e. The fraction of sp³-hybridized carbons (Fsp3) is 0.0938. The lowest BCUT2D eigenvalue weighted by Gasteiger charge is -2.16. The van der Waals surface area contributed by atoms with Crippen molar-refractivity contribution in [1.82, 2.24) is 0 Å². The predicted molar refractivity (Wildman–Crippen MR) is 158 cm³/mol. The molecule has 0 saturated carbocycles. The zero-order valence-corrected chi connectivity index (χ0v) is 22.0. The summed E-state index contributed by atoms with van der Waals surface area (Å²) in [5, 5.41) is 18.4. The van der Waals surface area contributed by atoms with E-state index >= 15 is 0 Å². The molecule has 0 aliphatic heterocycles. The van der Waals surface area contributed by atoms with Crippen molar-refractivity contribution < 1.29 is 19.5 Å². The molecule has 0 aliphatic carbocycles. The summed E-state index contributed by atoms with van der Waals surface area (Å²) in [6, 6.07) is 31.1. The molecule has 5 aromatic rings. The fourth-order valence-corrected chi connectivity index (χ4v) is 5.60. The van der Waals surface area contributed by atoms with Crippen LogP contribution in [0.3, 0.4) is 0 Å². The molecule has 5 rings (SSSR count). The molecular formula is C32H26N2O4S. The highest BCUT2D eigenvalue weighted by Crippen LogP contribution is 2.31. The number of hydrogen-bond acceptors (Lipinski definition) is 4. The van der Waals surface area contributed by atoms with E-state index in [1.807, 2.05) is 67.6 Å².